The highest BCUT2D eigenvalue weighted by Gasteiger charge is 2.03. The number of aromatic nitrogens is 2. The van der Waals surface area contributed by atoms with Gasteiger partial charge in [0.2, 0.25) is 0 Å². The molecule has 0 saturated heterocycles. The molecule has 0 spiro atoms. The molecule has 0 aliphatic rings. The van der Waals surface area contributed by atoms with Crippen LogP contribution in [0.25, 0.3) is 0 Å². The molecule has 25 heavy (non-hydrogen) atoms. The van der Waals surface area contributed by atoms with Gasteiger partial charge >= 0.3 is 0 Å². The molecule has 0 atom stereocenters. The van der Waals surface area contributed by atoms with Crippen molar-refractivity contribution in [2.75, 3.05) is 17.6 Å². The van der Waals surface area contributed by atoms with E-state index in [0.29, 0.717) is 17.9 Å². The summed E-state index contributed by atoms with van der Waals surface area (Å²) in [5.74, 6) is 5.56. The standard InChI is InChI=1S/C17H20N4O2S2/c24-17-20-6-5-16(21-17)19-7-9-25-12-15-4-3-14(23-15)11-18-10-13-2-1-8-22-13/h1-6,8,18H,7,9-12H2,(H2,19,20,21,24). The van der Waals surface area contributed by atoms with Gasteiger partial charge in [-0.1, -0.05) is 0 Å². The minimum Gasteiger partial charge on any atom is -0.468 e. The Morgan fingerprint density at radius 1 is 1.12 bits per heavy atom. The van der Waals surface area contributed by atoms with Crippen LogP contribution in [-0.2, 0) is 18.8 Å². The minimum absolute atomic E-state index is 0.487. The van der Waals surface area contributed by atoms with Crippen molar-refractivity contribution in [3.05, 3.63) is 64.8 Å². The topological polar surface area (TPSA) is 79.0 Å². The lowest BCUT2D eigenvalue weighted by atomic mass is 10.4. The van der Waals surface area contributed by atoms with Gasteiger partial charge < -0.3 is 24.5 Å². The molecule has 0 unspecified atom stereocenters. The Morgan fingerprint density at radius 2 is 2.00 bits per heavy atom. The third-order valence-corrected chi connectivity index (χ3v) is 4.57. The van der Waals surface area contributed by atoms with Crippen LogP contribution in [0.2, 0.25) is 0 Å². The van der Waals surface area contributed by atoms with E-state index in [4.69, 9.17) is 21.1 Å². The van der Waals surface area contributed by atoms with E-state index in [1.807, 2.05) is 42.1 Å². The summed E-state index contributed by atoms with van der Waals surface area (Å²) in [6.45, 7) is 2.23. The number of nitrogens with one attached hydrogen (secondary N) is 3. The quantitative estimate of drug-likeness (QED) is 0.365. The number of furan rings is 2. The van der Waals surface area contributed by atoms with Crippen molar-refractivity contribution in [1.29, 1.82) is 0 Å². The molecule has 132 valence electrons. The van der Waals surface area contributed by atoms with Crippen molar-refractivity contribution >= 4 is 29.8 Å². The summed E-state index contributed by atoms with van der Waals surface area (Å²) in [5.41, 5.74) is 0. The lowest BCUT2D eigenvalue weighted by Gasteiger charge is -2.05. The van der Waals surface area contributed by atoms with Crippen LogP contribution in [-0.4, -0.2) is 22.3 Å². The molecule has 0 radical (unpaired) electrons. The Balaban J connectivity index is 1.31. The second-order valence-electron chi connectivity index (χ2n) is 5.32. The molecule has 3 aromatic heterocycles. The maximum atomic E-state index is 5.82. The van der Waals surface area contributed by atoms with Crippen molar-refractivity contribution in [3.63, 3.8) is 0 Å². The summed E-state index contributed by atoms with van der Waals surface area (Å²) in [4.78, 5) is 6.95. The smallest absolute Gasteiger partial charge is 0.198 e. The first kappa shape index (κ1) is 17.8. The van der Waals surface area contributed by atoms with E-state index < -0.39 is 0 Å². The third-order valence-electron chi connectivity index (χ3n) is 3.38. The van der Waals surface area contributed by atoms with Gasteiger partial charge in [0.25, 0.3) is 0 Å². The predicted octanol–water partition coefficient (Wildman–Crippen LogP) is 3.96. The predicted molar refractivity (Wildman–Crippen MR) is 102 cm³/mol. The molecular formula is C17H20N4O2S2. The van der Waals surface area contributed by atoms with Crippen LogP contribution >= 0.6 is 24.0 Å². The molecule has 3 N–H and O–H groups in total. The second-order valence-corrected chi connectivity index (χ2v) is 6.81. The van der Waals surface area contributed by atoms with Crippen LogP contribution in [0.1, 0.15) is 17.3 Å². The van der Waals surface area contributed by atoms with Crippen LogP contribution < -0.4 is 10.6 Å². The Labute approximate surface area is 155 Å². The Bertz CT molecular complexity index is 814. The van der Waals surface area contributed by atoms with E-state index >= 15 is 0 Å². The Morgan fingerprint density at radius 3 is 2.84 bits per heavy atom. The number of anilines is 1. The van der Waals surface area contributed by atoms with Gasteiger partial charge in [-0.15, -0.1) is 0 Å². The number of aromatic amines is 1. The van der Waals surface area contributed by atoms with Gasteiger partial charge in [0, 0.05) is 18.5 Å². The number of rotatable bonds is 10. The Kier molecular flexibility index (Phi) is 6.72. The van der Waals surface area contributed by atoms with Gasteiger partial charge in [-0.2, -0.15) is 11.8 Å². The molecule has 0 aliphatic heterocycles. The molecular weight excluding hydrogens is 356 g/mol. The van der Waals surface area contributed by atoms with Crippen LogP contribution in [0.4, 0.5) is 5.82 Å². The first-order valence-electron chi connectivity index (χ1n) is 7.97. The summed E-state index contributed by atoms with van der Waals surface area (Å²) in [5, 5.41) is 6.58. The molecule has 3 rings (SSSR count). The molecule has 0 aliphatic carbocycles. The van der Waals surface area contributed by atoms with Crippen LogP contribution in [0.15, 0.2) is 51.6 Å². The van der Waals surface area contributed by atoms with Crippen molar-refractivity contribution in [2.24, 2.45) is 0 Å². The zero-order chi connectivity index (χ0) is 17.3. The number of hydrogen-bond donors (Lipinski definition) is 3. The van der Waals surface area contributed by atoms with Crippen molar-refractivity contribution in [1.82, 2.24) is 15.3 Å². The van der Waals surface area contributed by atoms with E-state index in [1.165, 1.54) is 0 Å². The molecule has 8 heteroatoms. The van der Waals surface area contributed by atoms with Gasteiger partial charge in [-0.05, 0) is 42.5 Å². The fourth-order valence-corrected chi connectivity index (χ4v) is 3.14. The summed E-state index contributed by atoms with van der Waals surface area (Å²) in [7, 11) is 0. The van der Waals surface area contributed by atoms with Crippen molar-refractivity contribution < 1.29 is 8.83 Å². The number of H-pyrrole nitrogens is 1. The third kappa shape index (κ3) is 6.08. The molecule has 0 fully saturated rings. The maximum Gasteiger partial charge on any atom is 0.198 e. The lowest BCUT2D eigenvalue weighted by Crippen LogP contribution is -2.11. The van der Waals surface area contributed by atoms with Gasteiger partial charge in [0.15, 0.2) is 4.77 Å². The lowest BCUT2D eigenvalue weighted by molar-refractivity contribution is 0.439. The minimum atomic E-state index is 0.487. The molecule has 3 heterocycles. The van der Waals surface area contributed by atoms with Crippen LogP contribution in [0.3, 0.4) is 0 Å². The zero-order valence-electron chi connectivity index (χ0n) is 13.7. The first-order chi connectivity index (χ1) is 12.3. The summed E-state index contributed by atoms with van der Waals surface area (Å²) < 4.78 is 11.6. The molecule has 0 saturated carbocycles. The summed E-state index contributed by atoms with van der Waals surface area (Å²) in [6, 6.07) is 9.75. The van der Waals surface area contributed by atoms with E-state index in [1.54, 1.807) is 12.5 Å². The average Bonchev–Trinajstić information content (AvgIpc) is 3.27. The maximum absolute atomic E-state index is 5.82. The van der Waals surface area contributed by atoms with E-state index in [-0.39, 0.29) is 0 Å². The normalized spacial score (nSPS) is 10.9. The summed E-state index contributed by atoms with van der Waals surface area (Å²) in [6.07, 6.45) is 3.37. The van der Waals surface area contributed by atoms with Gasteiger partial charge in [-0.25, -0.2) is 4.98 Å². The highest BCUT2D eigenvalue weighted by atomic mass is 32.2. The molecule has 3 aromatic rings. The zero-order valence-corrected chi connectivity index (χ0v) is 15.3. The highest BCUT2D eigenvalue weighted by Crippen LogP contribution is 2.15. The number of thioether (sulfide) groups is 1. The number of hydrogen-bond acceptors (Lipinski definition) is 7. The number of nitrogens with zero attached hydrogens (tertiary/aromatic N) is 1. The van der Waals surface area contributed by atoms with Crippen molar-refractivity contribution in [2.45, 2.75) is 18.8 Å². The van der Waals surface area contributed by atoms with Gasteiger partial charge in [0.05, 0.1) is 25.1 Å². The fourth-order valence-electron chi connectivity index (χ4n) is 2.22. The van der Waals surface area contributed by atoms with E-state index in [0.717, 1.165) is 41.1 Å². The molecule has 0 bridgehead atoms. The van der Waals surface area contributed by atoms with Crippen LogP contribution in [0, 0.1) is 4.77 Å². The Hall–Kier alpha value is -2.03. The largest absolute Gasteiger partial charge is 0.468 e. The second kappa shape index (κ2) is 9.45. The SMILES string of the molecule is S=c1nccc(NCCSCc2ccc(CNCc3ccco3)o2)[nH]1. The fraction of sp³-hybridized carbons (Fsp3) is 0.294. The molecule has 0 aromatic carbocycles. The van der Waals surface area contributed by atoms with Gasteiger partial charge in [-0.3, -0.25) is 0 Å². The van der Waals surface area contributed by atoms with E-state index in [9.17, 15) is 0 Å². The van der Waals surface area contributed by atoms with Gasteiger partial charge in [0.1, 0.15) is 23.1 Å². The molecule has 0 amide bonds. The first-order valence-corrected chi connectivity index (χ1v) is 9.53. The average molecular weight is 377 g/mol. The monoisotopic (exact) mass is 376 g/mol. The van der Waals surface area contributed by atoms with E-state index in [2.05, 4.69) is 20.6 Å². The molecule has 6 nitrogen and oxygen atoms in total. The highest BCUT2D eigenvalue weighted by molar-refractivity contribution is 7.98. The van der Waals surface area contributed by atoms with Crippen LogP contribution in [0.5, 0.6) is 0 Å². The van der Waals surface area contributed by atoms with Crippen molar-refractivity contribution in [3.8, 4) is 0 Å². The summed E-state index contributed by atoms with van der Waals surface area (Å²) >= 11 is 6.80.